The Kier molecular flexibility index (Phi) is 3.33. The second kappa shape index (κ2) is 5.12. The number of hydrogen-bond donors (Lipinski definition) is 0. The summed E-state index contributed by atoms with van der Waals surface area (Å²) in [5.41, 5.74) is 1.96. The van der Waals surface area contributed by atoms with Crippen LogP contribution in [0.3, 0.4) is 0 Å². The lowest BCUT2D eigenvalue weighted by Crippen LogP contribution is -1.75. The summed E-state index contributed by atoms with van der Waals surface area (Å²) in [5.74, 6) is 1.61. The van der Waals surface area contributed by atoms with Crippen LogP contribution >= 0.6 is 23.2 Å². The van der Waals surface area contributed by atoms with Crippen LogP contribution in [-0.2, 0) is 0 Å². The molecule has 2 aromatic carbocycles. The van der Waals surface area contributed by atoms with Gasteiger partial charge in [-0.2, -0.15) is 0 Å². The fraction of sp³-hybridized carbons (Fsp3) is 0. The highest BCUT2D eigenvalue weighted by Gasteiger charge is 2.08. The van der Waals surface area contributed by atoms with Crippen LogP contribution < -0.4 is 0 Å². The van der Waals surface area contributed by atoms with Crippen LogP contribution in [0.4, 0.5) is 0 Å². The lowest BCUT2D eigenvalue weighted by Gasteiger charge is -2.00. The van der Waals surface area contributed by atoms with Crippen LogP contribution in [0.15, 0.2) is 65.1 Å². The van der Waals surface area contributed by atoms with Crippen molar-refractivity contribution in [3.05, 3.63) is 70.7 Å². The highest BCUT2D eigenvalue weighted by molar-refractivity contribution is 6.42. The summed E-state index contributed by atoms with van der Waals surface area (Å²) in [6.07, 6.45) is 0. The summed E-state index contributed by atoms with van der Waals surface area (Å²) in [4.78, 5) is 0. The summed E-state index contributed by atoms with van der Waals surface area (Å²) < 4.78 is 5.85. The van der Waals surface area contributed by atoms with E-state index in [-0.39, 0.29) is 0 Å². The van der Waals surface area contributed by atoms with Crippen LogP contribution in [-0.4, -0.2) is 0 Å². The molecule has 3 aromatic rings. The van der Waals surface area contributed by atoms with Gasteiger partial charge in [-0.05, 0) is 30.3 Å². The monoisotopic (exact) mass is 288 g/mol. The SMILES string of the molecule is Clc1ccc(-c2ccc(-c3ccccc3)o2)cc1Cl. The number of halogens is 2. The third-order valence-corrected chi connectivity index (χ3v) is 3.61. The highest BCUT2D eigenvalue weighted by atomic mass is 35.5. The average molecular weight is 289 g/mol. The summed E-state index contributed by atoms with van der Waals surface area (Å²) in [5, 5.41) is 1.07. The molecule has 0 saturated heterocycles. The van der Waals surface area contributed by atoms with Gasteiger partial charge in [0.2, 0.25) is 0 Å². The third-order valence-electron chi connectivity index (χ3n) is 2.87. The Morgan fingerprint density at radius 2 is 1.32 bits per heavy atom. The van der Waals surface area contributed by atoms with Crippen molar-refractivity contribution in [3.8, 4) is 22.6 Å². The molecule has 0 amide bonds. The maximum atomic E-state index is 6.01. The van der Waals surface area contributed by atoms with E-state index in [1.54, 1.807) is 12.1 Å². The molecule has 0 saturated carbocycles. The van der Waals surface area contributed by atoms with Gasteiger partial charge in [0, 0.05) is 11.1 Å². The Morgan fingerprint density at radius 3 is 2.00 bits per heavy atom. The Morgan fingerprint density at radius 1 is 0.632 bits per heavy atom. The molecule has 19 heavy (non-hydrogen) atoms. The smallest absolute Gasteiger partial charge is 0.134 e. The average Bonchev–Trinajstić information content (AvgIpc) is 2.93. The van der Waals surface area contributed by atoms with Gasteiger partial charge < -0.3 is 4.42 Å². The van der Waals surface area contributed by atoms with Crippen LogP contribution in [0.25, 0.3) is 22.6 Å². The van der Waals surface area contributed by atoms with Gasteiger partial charge in [-0.3, -0.25) is 0 Å². The van der Waals surface area contributed by atoms with E-state index >= 15 is 0 Å². The van der Waals surface area contributed by atoms with Gasteiger partial charge in [0.15, 0.2) is 0 Å². The largest absolute Gasteiger partial charge is 0.456 e. The van der Waals surface area contributed by atoms with Crippen molar-refractivity contribution in [1.29, 1.82) is 0 Å². The number of hydrogen-bond acceptors (Lipinski definition) is 1. The van der Waals surface area contributed by atoms with Crippen LogP contribution in [0, 0.1) is 0 Å². The van der Waals surface area contributed by atoms with Crippen molar-refractivity contribution in [2.75, 3.05) is 0 Å². The lowest BCUT2D eigenvalue weighted by atomic mass is 10.1. The van der Waals surface area contributed by atoms with Crippen molar-refractivity contribution in [1.82, 2.24) is 0 Å². The molecule has 0 aliphatic heterocycles. The van der Waals surface area contributed by atoms with Gasteiger partial charge in [0.05, 0.1) is 10.0 Å². The number of benzene rings is 2. The van der Waals surface area contributed by atoms with Gasteiger partial charge in [-0.15, -0.1) is 0 Å². The summed E-state index contributed by atoms with van der Waals surface area (Å²) in [6, 6.07) is 19.3. The minimum Gasteiger partial charge on any atom is -0.456 e. The van der Waals surface area contributed by atoms with Crippen LogP contribution in [0.2, 0.25) is 10.0 Å². The van der Waals surface area contributed by atoms with Crippen LogP contribution in [0.1, 0.15) is 0 Å². The van der Waals surface area contributed by atoms with E-state index in [9.17, 15) is 0 Å². The molecule has 0 aliphatic rings. The fourth-order valence-electron chi connectivity index (χ4n) is 1.90. The van der Waals surface area contributed by atoms with E-state index in [2.05, 4.69) is 0 Å². The third kappa shape index (κ3) is 2.53. The maximum Gasteiger partial charge on any atom is 0.134 e. The standard InChI is InChI=1S/C16H10Cl2O/c17-13-7-6-12(10-14(13)18)16-9-8-15(19-16)11-4-2-1-3-5-11/h1-10H. The zero-order chi connectivity index (χ0) is 13.2. The molecule has 0 spiro atoms. The molecule has 0 radical (unpaired) electrons. The van der Waals surface area contributed by atoms with Crippen molar-refractivity contribution in [2.45, 2.75) is 0 Å². The van der Waals surface area contributed by atoms with E-state index in [0.29, 0.717) is 10.0 Å². The normalized spacial score (nSPS) is 10.6. The van der Waals surface area contributed by atoms with E-state index in [1.807, 2.05) is 48.5 Å². The Labute approximate surface area is 121 Å². The quantitative estimate of drug-likeness (QED) is 0.570. The van der Waals surface area contributed by atoms with Crippen molar-refractivity contribution in [2.24, 2.45) is 0 Å². The molecule has 1 heterocycles. The molecule has 0 bridgehead atoms. The topological polar surface area (TPSA) is 13.1 Å². The minimum atomic E-state index is 0.525. The number of rotatable bonds is 2. The molecule has 3 rings (SSSR count). The minimum absolute atomic E-state index is 0.525. The van der Waals surface area contributed by atoms with Gasteiger partial charge in [-0.1, -0.05) is 53.5 Å². The van der Waals surface area contributed by atoms with Crippen molar-refractivity contribution in [3.63, 3.8) is 0 Å². The second-order valence-electron chi connectivity index (χ2n) is 4.16. The van der Waals surface area contributed by atoms with E-state index in [4.69, 9.17) is 27.6 Å². The number of furan rings is 1. The lowest BCUT2D eigenvalue weighted by molar-refractivity contribution is 0.597. The second-order valence-corrected chi connectivity index (χ2v) is 4.97. The van der Waals surface area contributed by atoms with E-state index in [0.717, 1.165) is 22.6 Å². The molecule has 0 aliphatic carbocycles. The molecule has 1 aromatic heterocycles. The molecule has 94 valence electrons. The summed E-state index contributed by atoms with van der Waals surface area (Å²) in [6.45, 7) is 0. The Hall–Kier alpha value is -1.70. The highest BCUT2D eigenvalue weighted by Crippen LogP contribution is 2.32. The molecule has 1 nitrogen and oxygen atoms in total. The van der Waals surface area contributed by atoms with Gasteiger partial charge in [-0.25, -0.2) is 0 Å². The zero-order valence-electron chi connectivity index (χ0n) is 9.94. The molecule has 0 N–H and O–H groups in total. The predicted molar refractivity (Wildman–Crippen MR) is 79.6 cm³/mol. The van der Waals surface area contributed by atoms with E-state index < -0.39 is 0 Å². The predicted octanol–water partition coefficient (Wildman–Crippen LogP) is 5.92. The maximum absolute atomic E-state index is 6.01. The Bertz CT molecular complexity index is 702. The zero-order valence-corrected chi connectivity index (χ0v) is 11.4. The first-order valence-corrected chi connectivity index (χ1v) is 6.60. The van der Waals surface area contributed by atoms with Gasteiger partial charge in [0.1, 0.15) is 11.5 Å². The summed E-state index contributed by atoms with van der Waals surface area (Å²) in [7, 11) is 0. The molecule has 0 unspecified atom stereocenters. The van der Waals surface area contributed by atoms with Crippen molar-refractivity contribution < 1.29 is 4.42 Å². The van der Waals surface area contributed by atoms with E-state index in [1.165, 1.54) is 0 Å². The first-order valence-electron chi connectivity index (χ1n) is 5.85. The first-order chi connectivity index (χ1) is 9.24. The first kappa shape index (κ1) is 12.3. The fourth-order valence-corrected chi connectivity index (χ4v) is 2.20. The molecular weight excluding hydrogens is 279 g/mol. The molecular formula is C16H10Cl2O. The van der Waals surface area contributed by atoms with Crippen LogP contribution in [0.5, 0.6) is 0 Å². The Balaban J connectivity index is 1.99. The molecule has 3 heteroatoms. The summed E-state index contributed by atoms with van der Waals surface area (Å²) >= 11 is 11.9. The van der Waals surface area contributed by atoms with Gasteiger partial charge >= 0.3 is 0 Å². The van der Waals surface area contributed by atoms with Gasteiger partial charge in [0.25, 0.3) is 0 Å². The molecule has 0 fully saturated rings. The molecule has 0 atom stereocenters. The van der Waals surface area contributed by atoms with Crippen molar-refractivity contribution >= 4 is 23.2 Å².